The van der Waals surface area contributed by atoms with Gasteiger partial charge in [-0.3, -0.25) is 4.98 Å². The molecule has 0 radical (unpaired) electrons. The Kier molecular flexibility index (Phi) is 5.46. The predicted octanol–water partition coefficient (Wildman–Crippen LogP) is 4.23. The zero-order valence-electron chi connectivity index (χ0n) is 14.5. The molecule has 3 rings (SSSR count). The van der Waals surface area contributed by atoms with E-state index < -0.39 is 0 Å². The molecule has 2 heterocycles. The van der Waals surface area contributed by atoms with E-state index in [2.05, 4.69) is 22.1 Å². The summed E-state index contributed by atoms with van der Waals surface area (Å²) in [6.45, 7) is 4.47. The second-order valence-corrected chi connectivity index (χ2v) is 6.62. The number of pyridine rings is 2. The molecule has 1 N–H and O–H groups in total. The molecule has 1 aliphatic rings. The Morgan fingerprint density at radius 3 is 2.75 bits per heavy atom. The van der Waals surface area contributed by atoms with Crippen molar-refractivity contribution in [1.82, 2.24) is 9.97 Å². The van der Waals surface area contributed by atoms with E-state index in [1.807, 2.05) is 38.2 Å². The number of allylic oxidation sites excluding steroid dienone is 1. The number of hydrogen-bond acceptors (Lipinski definition) is 4. The number of aromatic nitrogens is 2. The minimum atomic E-state index is -0.180. The largest absolute Gasteiger partial charge is 0.478 e. The van der Waals surface area contributed by atoms with Crippen molar-refractivity contribution in [3.05, 3.63) is 36.0 Å². The maximum Gasteiger partial charge on any atom is 0.213 e. The van der Waals surface area contributed by atoms with Gasteiger partial charge in [0.25, 0.3) is 0 Å². The van der Waals surface area contributed by atoms with Crippen molar-refractivity contribution < 1.29 is 9.84 Å². The number of hydrogen-bond donors (Lipinski definition) is 1. The summed E-state index contributed by atoms with van der Waals surface area (Å²) in [5, 5.41) is 9.71. The molecule has 2 aromatic heterocycles. The van der Waals surface area contributed by atoms with Gasteiger partial charge in [-0.2, -0.15) is 0 Å². The Bertz CT molecular complexity index is 704. The molecule has 128 valence electrons. The van der Waals surface area contributed by atoms with E-state index in [1.54, 1.807) is 0 Å². The van der Waals surface area contributed by atoms with E-state index >= 15 is 0 Å². The van der Waals surface area contributed by atoms with E-state index in [0.29, 0.717) is 24.3 Å². The van der Waals surface area contributed by atoms with E-state index in [4.69, 9.17) is 4.74 Å². The van der Waals surface area contributed by atoms with Gasteiger partial charge in [-0.1, -0.05) is 12.2 Å². The van der Waals surface area contributed by atoms with Crippen LogP contribution in [0.1, 0.15) is 45.1 Å². The van der Waals surface area contributed by atoms with Gasteiger partial charge in [0.15, 0.2) is 0 Å². The van der Waals surface area contributed by atoms with Gasteiger partial charge < -0.3 is 9.84 Å². The van der Waals surface area contributed by atoms with Crippen molar-refractivity contribution in [3.63, 3.8) is 0 Å². The van der Waals surface area contributed by atoms with Crippen LogP contribution in [0.25, 0.3) is 17.1 Å². The second kappa shape index (κ2) is 7.75. The molecule has 0 aliphatic heterocycles. The van der Waals surface area contributed by atoms with Crippen LogP contribution >= 0.6 is 0 Å². The molecule has 1 saturated carbocycles. The van der Waals surface area contributed by atoms with E-state index in [1.165, 1.54) is 0 Å². The Morgan fingerprint density at radius 2 is 2.04 bits per heavy atom. The Hall–Kier alpha value is -1.94. The third kappa shape index (κ3) is 3.93. The Balaban J connectivity index is 1.76. The molecule has 1 unspecified atom stereocenters. The minimum Gasteiger partial charge on any atom is -0.478 e. The van der Waals surface area contributed by atoms with Crippen molar-refractivity contribution in [3.8, 4) is 5.88 Å². The highest BCUT2D eigenvalue weighted by Crippen LogP contribution is 2.32. The fourth-order valence-corrected chi connectivity index (χ4v) is 3.45. The van der Waals surface area contributed by atoms with Crippen molar-refractivity contribution >= 4 is 17.1 Å². The molecule has 2 aromatic rings. The topological polar surface area (TPSA) is 55.2 Å². The third-order valence-corrected chi connectivity index (χ3v) is 4.93. The summed E-state index contributed by atoms with van der Waals surface area (Å²) in [7, 11) is 0. The zero-order valence-corrected chi connectivity index (χ0v) is 14.5. The first-order chi connectivity index (χ1) is 11.7. The molecule has 0 bridgehead atoms. The Morgan fingerprint density at radius 1 is 1.25 bits per heavy atom. The van der Waals surface area contributed by atoms with Crippen LogP contribution in [-0.2, 0) is 0 Å². The molecule has 0 spiro atoms. The van der Waals surface area contributed by atoms with Crippen LogP contribution in [-0.4, -0.2) is 27.8 Å². The van der Waals surface area contributed by atoms with Crippen molar-refractivity contribution in [1.29, 1.82) is 0 Å². The van der Waals surface area contributed by atoms with Crippen molar-refractivity contribution in [2.75, 3.05) is 6.61 Å². The lowest BCUT2D eigenvalue weighted by Crippen LogP contribution is -2.22. The third-order valence-electron chi connectivity index (χ3n) is 4.93. The normalized spacial score (nSPS) is 22.8. The molecule has 0 aromatic carbocycles. The van der Waals surface area contributed by atoms with Gasteiger partial charge in [0, 0.05) is 17.8 Å². The van der Waals surface area contributed by atoms with Crippen LogP contribution in [0.3, 0.4) is 0 Å². The van der Waals surface area contributed by atoms with Crippen LogP contribution < -0.4 is 4.74 Å². The van der Waals surface area contributed by atoms with Crippen LogP contribution in [0.2, 0.25) is 0 Å². The molecule has 1 aliphatic carbocycles. The van der Waals surface area contributed by atoms with Crippen molar-refractivity contribution in [2.45, 2.75) is 45.6 Å². The van der Waals surface area contributed by atoms with Crippen LogP contribution in [0.4, 0.5) is 0 Å². The molecule has 1 fully saturated rings. The SMILES string of the molecule is CCOc1ccc2nccc(/C=C/C3CCC(C(C)O)CC3)c2n1. The van der Waals surface area contributed by atoms with Gasteiger partial charge >= 0.3 is 0 Å². The lowest BCUT2D eigenvalue weighted by Gasteiger charge is -2.28. The summed E-state index contributed by atoms with van der Waals surface area (Å²) in [6, 6.07) is 5.82. The summed E-state index contributed by atoms with van der Waals surface area (Å²) >= 11 is 0. The van der Waals surface area contributed by atoms with Gasteiger partial charge in [-0.05, 0) is 63.5 Å². The lowest BCUT2D eigenvalue weighted by molar-refractivity contribution is 0.0940. The molecule has 4 heteroatoms. The average molecular weight is 326 g/mol. The molecule has 1 atom stereocenters. The first-order valence-electron chi connectivity index (χ1n) is 8.92. The number of nitrogens with zero attached hydrogens (tertiary/aromatic N) is 2. The van der Waals surface area contributed by atoms with Crippen LogP contribution in [0, 0.1) is 11.8 Å². The molecule has 0 saturated heterocycles. The maximum absolute atomic E-state index is 9.71. The summed E-state index contributed by atoms with van der Waals surface area (Å²) in [4.78, 5) is 8.98. The highest BCUT2D eigenvalue weighted by Gasteiger charge is 2.22. The standard InChI is InChI=1S/C20H26N2O2/c1-3-24-19-11-10-18-20(22-19)17(12-13-21-18)9-6-15-4-7-16(8-5-15)14(2)23/h6,9-16,23H,3-5,7-8H2,1-2H3/b9-6+. The number of rotatable bonds is 5. The van der Waals surface area contributed by atoms with Crippen LogP contribution in [0.15, 0.2) is 30.5 Å². The van der Waals surface area contributed by atoms with E-state index in [0.717, 1.165) is 42.3 Å². The number of ether oxygens (including phenoxy) is 1. The summed E-state index contributed by atoms with van der Waals surface area (Å²) < 4.78 is 5.51. The monoisotopic (exact) mass is 326 g/mol. The number of aliphatic hydroxyl groups is 1. The summed E-state index contributed by atoms with van der Waals surface area (Å²) in [6.07, 6.45) is 10.6. The smallest absolute Gasteiger partial charge is 0.213 e. The zero-order chi connectivity index (χ0) is 16.9. The highest BCUT2D eigenvalue weighted by atomic mass is 16.5. The maximum atomic E-state index is 9.71. The minimum absolute atomic E-state index is 0.180. The van der Waals surface area contributed by atoms with Gasteiger partial charge in [-0.15, -0.1) is 0 Å². The van der Waals surface area contributed by atoms with Gasteiger partial charge in [0.2, 0.25) is 5.88 Å². The molecular weight excluding hydrogens is 300 g/mol. The summed E-state index contributed by atoms with van der Waals surface area (Å²) in [5.41, 5.74) is 2.86. The van der Waals surface area contributed by atoms with E-state index in [9.17, 15) is 5.11 Å². The Labute approximate surface area is 143 Å². The molecule has 4 nitrogen and oxygen atoms in total. The van der Waals surface area contributed by atoms with Crippen LogP contribution in [0.5, 0.6) is 5.88 Å². The lowest BCUT2D eigenvalue weighted by atomic mass is 9.79. The van der Waals surface area contributed by atoms with E-state index in [-0.39, 0.29) is 6.10 Å². The van der Waals surface area contributed by atoms with Gasteiger partial charge in [-0.25, -0.2) is 4.98 Å². The fourth-order valence-electron chi connectivity index (χ4n) is 3.45. The molecule has 24 heavy (non-hydrogen) atoms. The molecule has 0 amide bonds. The predicted molar refractivity (Wildman–Crippen MR) is 96.9 cm³/mol. The number of fused-ring (bicyclic) bond motifs is 1. The molecular formula is C20H26N2O2. The summed E-state index contributed by atoms with van der Waals surface area (Å²) in [5.74, 6) is 1.69. The average Bonchev–Trinajstić information content (AvgIpc) is 2.60. The first-order valence-corrected chi connectivity index (χ1v) is 8.92. The second-order valence-electron chi connectivity index (χ2n) is 6.62. The van der Waals surface area contributed by atoms with Gasteiger partial charge in [0.05, 0.1) is 23.7 Å². The van der Waals surface area contributed by atoms with Crippen molar-refractivity contribution in [2.24, 2.45) is 11.8 Å². The quantitative estimate of drug-likeness (QED) is 0.893. The van der Waals surface area contributed by atoms with Gasteiger partial charge in [0.1, 0.15) is 0 Å². The number of aliphatic hydroxyl groups excluding tert-OH is 1. The highest BCUT2D eigenvalue weighted by molar-refractivity contribution is 5.84. The first kappa shape index (κ1) is 16.9. The fraction of sp³-hybridized carbons (Fsp3) is 0.500.